The molecule has 1 aliphatic rings. The highest BCUT2D eigenvalue weighted by Gasteiger charge is 2.51. The highest BCUT2D eigenvalue weighted by molar-refractivity contribution is 6.62. The van der Waals surface area contributed by atoms with Crippen LogP contribution in [0.5, 0.6) is 0 Å². The largest absolute Gasteiger partial charge is 0.494 e. The number of aryl methyl sites for hydroxylation is 3. The Kier molecular flexibility index (Phi) is 3.42. The van der Waals surface area contributed by atoms with E-state index in [4.69, 9.17) is 9.31 Å². The Morgan fingerprint density at radius 3 is 2.12 bits per heavy atom. The molecule has 4 rings (SSSR count). The van der Waals surface area contributed by atoms with Gasteiger partial charge in [-0.2, -0.15) is 0 Å². The molecular weight excluding hydrogens is 309 g/mol. The van der Waals surface area contributed by atoms with Gasteiger partial charge in [0, 0.05) is 23.3 Å². The maximum absolute atomic E-state index is 6.24. The Morgan fingerprint density at radius 1 is 0.880 bits per heavy atom. The van der Waals surface area contributed by atoms with E-state index in [2.05, 4.69) is 83.5 Å². The normalized spacial score (nSPS) is 19.2. The summed E-state index contributed by atoms with van der Waals surface area (Å²) in [5.74, 6) is 0. The monoisotopic (exact) mass is 335 g/mol. The number of rotatable bonds is 1. The van der Waals surface area contributed by atoms with Crippen LogP contribution in [0.25, 0.3) is 21.8 Å². The second-order valence-electron chi connectivity index (χ2n) is 8.35. The third-order valence-electron chi connectivity index (χ3n) is 6.10. The van der Waals surface area contributed by atoms with Gasteiger partial charge >= 0.3 is 7.12 Å². The third kappa shape index (κ3) is 2.27. The Balaban J connectivity index is 1.92. The van der Waals surface area contributed by atoms with E-state index in [0.717, 1.165) is 5.46 Å². The second kappa shape index (κ2) is 5.12. The van der Waals surface area contributed by atoms with Crippen molar-refractivity contribution in [3.63, 3.8) is 0 Å². The molecule has 0 spiro atoms. The molecule has 1 saturated heterocycles. The maximum atomic E-state index is 6.24. The van der Waals surface area contributed by atoms with Crippen LogP contribution < -0.4 is 5.46 Å². The molecule has 1 aliphatic heterocycles. The van der Waals surface area contributed by atoms with Gasteiger partial charge in [-0.1, -0.05) is 24.3 Å². The molecule has 1 fully saturated rings. The molecule has 3 aromatic rings. The van der Waals surface area contributed by atoms with Crippen LogP contribution in [0.1, 0.15) is 38.8 Å². The summed E-state index contributed by atoms with van der Waals surface area (Å²) in [5.41, 5.74) is 5.59. The van der Waals surface area contributed by atoms with E-state index in [1.54, 1.807) is 0 Å². The summed E-state index contributed by atoms with van der Waals surface area (Å²) in [7, 11) is 1.82. The van der Waals surface area contributed by atoms with Gasteiger partial charge in [-0.3, -0.25) is 0 Å². The van der Waals surface area contributed by atoms with Crippen molar-refractivity contribution in [1.82, 2.24) is 4.57 Å². The predicted octanol–water partition coefficient (Wildman–Crippen LogP) is 4.25. The Morgan fingerprint density at radius 2 is 1.48 bits per heavy atom. The molecule has 1 aromatic heterocycles. The van der Waals surface area contributed by atoms with Gasteiger partial charge in [0.05, 0.1) is 16.7 Å². The molecule has 0 atom stereocenters. The van der Waals surface area contributed by atoms with Crippen molar-refractivity contribution in [1.29, 1.82) is 0 Å². The molecule has 0 unspecified atom stereocenters. The number of fused-ring (bicyclic) bond motifs is 3. The molecule has 2 heterocycles. The zero-order valence-electron chi connectivity index (χ0n) is 16.2. The molecule has 25 heavy (non-hydrogen) atoms. The summed E-state index contributed by atoms with van der Waals surface area (Å²) in [4.78, 5) is 0. The highest BCUT2D eigenvalue weighted by atomic mass is 16.7. The average molecular weight is 335 g/mol. The molecular formula is C21H26BNO2. The van der Waals surface area contributed by atoms with E-state index >= 15 is 0 Å². The van der Waals surface area contributed by atoms with E-state index in [9.17, 15) is 0 Å². The lowest BCUT2D eigenvalue weighted by Gasteiger charge is -2.32. The van der Waals surface area contributed by atoms with Crippen LogP contribution in [0.15, 0.2) is 30.3 Å². The van der Waals surface area contributed by atoms with Crippen LogP contribution in [0.3, 0.4) is 0 Å². The summed E-state index contributed by atoms with van der Waals surface area (Å²) in [6, 6.07) is 11.0. The number of nitrogens with zero attached hydrogens (tertiary/aromatic N) is 1. The van der Waals surface area contributed by atoms with Gasteiger partial charge in [0.15, 0.2) is 0 Å². The number of hydrogen-bond acceptors (Lipinski definition) is 2. The van der Waals surface area contributed by atoms with Crippen LogP contribution in [0.4, 0.5) is 0 Å². The minimum absolute atomic E-state index is 0.322. The van der Waals surface area contributed by atoms with Crippen molar-refractivity contribution in [2.24, 2.45) is 7.05 Å². The minimum Gasteiger partial charge on any atom is -0.399 e. The van der Waals surface area contributed by atoms with Crippen molar-refractivity contribution in [2.45, 2.75) is 52.7 Å². The van der Waals surface area contributed by atoms with Crippen molar-refractivity contribution in [2.75, 3.05) is 0 Å². The SMILES string of the molecule is Cc1ccc(C)c2c1c1cc(B3OC(C)(C)C(C)(C)O3)ccc1n2C. The van der Waals surface area contributed by atoms with E-state index in [1.807, 2.05) is 0 Å². The molecule has 0 bridgehead atoms. The van der Waals surface area contributed by atoms with Gasteiger partial charge in [0.2, 0.25) is 0 Å². The van der Waals surface area contributed by atoms with E-state index in [0.29, 0.717) is 0 Å². The van der Waals surface area contributed by atoms with Crippen LogP contribution in [0, 0.1) is 13.8 Å². The van der Waals surface area contributed by atoms with Gasteiger partial charge < -0.3 is 13.9 Å². The maximum Gasteiger partial charge on any atom is 0.494 e. The summed E-state index contributed by atoms with van der Waals surface area (Å²) >= 11 is 0. The number of aromatic nitrogens is 1. The van der Waals surface area contributed by atoms with Crippen LogP contribution in [-0.4, -0.2) is 22.9 Å². The first-order valence-electron chi connectivity index (χ1n) is 8.96. The highest BCUT2D eigenvalue weighted by Crippen LogP contribution is 2.37. The fraction of sp³-hybridized carbons (Fsp3) is 0.429. The topological polar surface area (TPSA) is 23.4 Å². The average Bonchev–Trinajstić information content (AvgIpc) is 2.95. The van der Waals surface area contributed by atoms with Crippen molar-refractivity contribution in [3.05, 3.63) is 41.5 Å². The zero-order chi connectivity index (χ0) is 18.1. The molecule has 0 radical (unpaired) electrons. The van der Waals surface area contributed by atoms with E-state index in [1.165, 1.54) is 32.9 Å². The number of hydrogen-bond donors (Lipinski definition) is 0. The molecule has 0 saturated carbocycles. The summed E-state index contributed by atoms with van der Waals surface area (Å²) in [5, 5.41) is 2.60. The quantitative estimate of drug-likeness (QED) is 0.621. The van der Waals surface area contributed by atoms with Crippen LogP contribution in [0.2, 0.25) is 0 Å². The number of benzene rings is 2. The van der Waals surface area contributed by atoms with Gasteiger partial charge in [-0.05, 0) is 64.2 Å². The van der Waals surface area contributed by atoms with Crippen molar-refractivity contribution in [3.8, 4) is 0 Å². The molecule has 3 nitrogen and oxygen atoms in total. The minimum atomic E-state index is -0.324. The summed E-state index contributed by atoms with van der Waals surface area (Å²) in [6.45, 7) is 12.7. The first-order valence-corrected chi connectivity index (χ1v) is 8.96. The lowest BCUT2D eigenvalue weighted by Crippen LogP contribution is -2.41. The van der Waals surface area contributed by atoms with E-state index < -0.39 is 0 Å². The first kappa shape index (κ1) is 16.7. The summed E-state index contributed by atoms with van der Waals surface area (Å²) in [6.07, 6.45) is 0. The third-order valence-corrected chi connectivity index (χ3v) is 6.10. The Bertz CT molecular complexity index is 984. The van der Waals surface area contributed by atoms with Crippen molar-refractivity contribution >= 4 is 34.4 Å². The molecule has 0 amide bonds. The van der Waals surface area contributed by atoms with Gasteiger partial charge in [0.25, 0.3) is 0 Å². The predicted molar refractivity (Wildman–Crippen MR) is 106 cm³/mol. The Labute approximate surface area is 150 Å². The first-order chi connectivity index (χ1) is 11.6. The summed E-state index contributed by atoms with van der Waals surface area (Å²) < 4.78 is 14.8. The fourth-order valence-corrected chi connectivity index (χ4v) is 3.86. The molecule has 0 N–H and O–H groups in total. The van der Waals surface area contributed by atoms with Crippen LogP contribution >= 0.6 is 0 Å². The fourth-order valence-electron chi connectivity index (χ4n) is 3.86. The van der Waals surface area contributed by atoms with Gasteiger partial charge in [-0.15, -0.1) is 0 Å². The van der Waals surface area contributed by atoms with Crippen molar-refractivity contribution < 1.29 is 9.31 Å². The zero-order valence-corrected chi connectivity index (χ0v) is 16.2. The smallest absolute Gasteiger partial charge is 0.399 e. The molecule has 0 aliphatic carbocycles. The van der Waals surface area contributed by atoms with Crippen LogP contribution in [-0.2, 0) is 16.4 Å². The molecule has 2 aromatic carbocycles. The van der Waals surface area contributed by atoms with E-state index in [-0.39, 0.29) is 18.3 Å². The second-order valence-corrected chi connectivity index (χ2v) is 8.35. The lowest BCUT2D eigenvalue weighted by atomic mass is 9.78. The standard InChI is InChI=1S/C21H26BNO2/c1-13-8-9-14(2)19-18(13)16-12-15(10-11-17(16)23(19)7)22-24-20(3,4)21(5,6)25-22/h8-12H,1-7H3. The molecule has 130 valence electrons. The van der Waals surface area contributed by atoms with Gasteiger partial charge in [0.1, 0.15) is 0 Å². The van der Waals surface area contributed by atoms with Gasteiger partial charge in [-0.25, -0.2) is 0 Å². The lowest BCUT2D eigenvalue weighted by molar-refractivity contribution is 0.00578. The molecule has 4 heteroatoms. The Hall–Kier alpha value is -1.78.